The van der Waals surface area contributed by atoms with E-state index >= 15 is 0 Å². The standard InChI is InChI=1S/C24H27ClN6O.3C2HF3O2/c25-21-15-28-24-30-20-11-17(13-27-14-20)1-2-18-12-19(29-23(21)31-24)3-4-22(18)32-10-7-16-5-8-26-9-6-16;3*3-2(4,5)1(6)7/h3-4,11-16,26H,1-2,5-10H2,(H2,28,29,30,31);3*(H,6,7). The van der Waals surface area contributed by atoms with Crippen molar-refractivity contribution in [2.75, 3.05) is 30.3 Å². The second-order valence-corrected chi connectivity index (χ2v) is 11.2. The summed E-state index contributed by atoms with van der Waals surface area (Å²) < 4.78 is 101. The number of benzene rings is 1. The summed E-state index contributed by atoms with van der Waals surface area (Å²) in [5, 5.41) is 31.8. The Kier molecular flexibility index (Phi) is 16.3. The van der Waals surface area contributed by atoms with Crippen LogP contribution in [0.2, 0.25) is 5.02 Å². The second-order valence-electron chi connectivity index (χ2n) is 10.8. The van der Waals surface area contributed by atoms with Crippen molar-refractivity contribution in [2.45, 2.75) is 50.6 Å². The summed E-state index contributed by atoms with van der Waals surface area (Å²) in [6.45, 7) is 2.98. The average Bonchev–Trinajstić information content (AvgIpc) is 3.06. The van der Waals surface area contributed by atoms with Gasteiger partial charge >= 0.3 is 36.4 Å². The van der Waals surface area contributed by atoms with E-state index in [4.69, 9.17) is 46.0 Å². The highest BCUT2D eigenvalue weighted by molar-refractivity contribution is 6.32. The number of pyridine rings is 1. The number of hydrogen-bond donors (Lipinski definition) is 6. The molecule has 6 bridgehead atoms. The fraction of sp³-hybridized carbons (Fsp3) is 0.400. The van der Waals surface area contributed by atoms with Crippen LogP contribution in [-0.2, 0) is 27.2 Å². The van der Waals surface area contributed by atoms with E-state index in [2.05, 4.69) is 43.0 Å². The van der Waals surface area contributed by atoms with Crippen LogP contribution in [0.15, 0.2) is 42.9 Å². The summed E-state index contributed by atoms with van der Waals surface area (Å²) in [4.78, 5) is 39.9. The first-order valence-corrected chi connectivity index (χ1v) is 15.3. The SMILES string of the molecule is Clc1cnc2nc1Nc1ccc(OCCC3CCNCC3)c(c1)CCc1cncc(c1)N2.O=C(O)C(F)(F)F.O=C(O)C(F)(F)F.O=C(O)C(F)(F)F. The summed E-state index contributed by atoms with van der Waals surface area (Å²) in [5.41, 5.74) is 4.06. The zero-order valence-electron chi connectivity index (χ0n) is 26.9. The number of fused-ring (bicyclic) bond motifs is 6. The van der Waals surface area contributed by atoms with Crippen LogP contribution in [0, 0.1) is 5.92 Å². The van der Waals surface area contributed by atoms with Crippen molar-refractivity contribution in [3.8, 4) is 5.75 Å². The summed E-state index contributed by atoms with van der Waals surface area (Å²) >= 11 is 6.35. The molecule has 23 heteroatoms. The maximum Gasteiger partial charge on any atom is 0.490 e. The lowest BCUT2D eigenvalue weighted by Gasteiger charge is -2.23. The highest BCUT2D eigenvalue weighted by Crippen LogP contribution is 2.30. The topological polar surface area (TPSA) is 196 Å². The summed E-state index contributed by atoms with van der Waals surface area (Å²) in [7, 11) is 0. The lowest BCUT2D eigenvalue weighted by atomic mass is 9.95. The normalized spacial score (nSPS) is 14.2. The molecule has 292 valence electrons. The van der Waals surface area contributed by atoms with E-state index in [9.17, 15) is 39.5 Å². The second kappa shape index (κ2) is 19.6. The van der Waals surface area contributed by atoms with Gasteiger partial charge in [-0.05, 0) is 86.5 Å². The maximum atomic E-state index is 10.6. The van der Waals surface area contributed by atoms with Gasteiger partial charge in [0.25, 0.3) is 0 Å². The van der Waals surface area contributed by atoms with Gasteiger partial charge in [0.1, 0.15) is 10.8 Å². The molecule has 6 N–H and O–H groups in total. The highest BCUT2D eigenvalue weighted by Gasteiger charge is 2.39. The van der Waals surface area contributed by atoms with Crippen LogP contribution >= 0.6 is 11.6 Å². The molecule has 1 fully saturated rings. The number of alkyl halides is 9. The lowest BCUT2D eigenvalue weighted by molar-refractivity contribution is -0.193. The largest absolute Gasteiger partial charge is 0.493 e. The molecule has 1 saturated heterocycles. The number of nitrogens with zero attached hydrogens (tertiary/aromatic N) is 3. The number of aromatic nitrogens is 3. The highest BCUT2D eigenvalue weighted by atomic mass is 35.5. The number of anilines is 4. The number of rotatable bonds is 4. The number of halogens is 10. The van der Waals surface area contributed by atoms with Gasteiger partial charge in [-0.25, -0.2) is 19.4 Å². The Bertz CT molecular complexity index is 1630. The van der Waals surface area contributed by atoms with Gasteiger partial charge in [-0.15, -0.1) is 0 Å². The molecule has 4 heterocycles. The minimum Gasteiger partial charge on any atom is -0.493 e. The molecule has 5 rings (SSSR count). The number of carboxylic acids is 3. The van der Waals surface area contributed by atoms with Crippen LogP contribution in [0.5, 0.6) is 5.75 Å². The molecule has 1 aromatic carbocycles. The molecule has 0 spiro atoms. The Hall–Kier alpha value is -5.12. The van der Waals surface area contributed by atoms with Gasteiger partial charge in [0.2, 0.25) is 5.95 Å². The number of carboxylic acid groups (broad SMARTS) is 3. The zero-order chi connectivity index (χ0) is 40.0. The molecule has 0 saturated carbocycles. The Morgan fingerprint density at radius 2 is 1.36 bits per heavy atom. The molecule has 0 atom stereocenters. The van der Waals surface area contributed by atoms with Gasteiger partial charge in [0.05, 0.1) is 24.7 Å². The Morgan fingerprint density at radius 3 is 1.91 bits per heavy atom. The molecule has 13 nitrogen and oxygen atoms in total. The molecule has 2 aliphatic rings. The van der Waals surface area contributed by atoms with E-state index in [1.807, 2.05) is 18.3 Å². The first kappa shape index (κ1) is 44.0. The predicted molar refractivity (Wildman–Crippen MR) is 168 cm³/mol. The number of aryl methyl sites for hydroxylation is 2. The van der Waals surface area contributed by atoms with Crippen molar-refractivity contribution < 1.29 is 74.0 Å². The summed E-state index contributed by atoms with van der Waals surface area (Å²) in [6, 6.07) is 8.26. The maximum absolute atomic E-state index is 10.6. The predicted octanol–water partition coefficient (Wildman–Crippen LogP) is 6.78. The molecule has 3 aromatic rings. The number of carbonyl (C=O) groups is 3. The van der Waals surface area contributed by atoms with Gasteiger partial charge in [0, 0.05) is 11.9 Å². The van der Waals surface area contributed by atoms with Crippen molar-refractivity contribution in [1.82, 2.24) is 20.3 Å². The summed E-state index contributed by atoms with van der Waals surface area (Å²) in [5.74, 6) is -5.56. The van der Waals surface area contributed by atoms with Crippen molar-refractivity contribution in [3.05, 3.63) is 59.0 Å². The lowest BCUT2D eigenvalue weighted by Crippen LogP contribution is -2.28. The first-order chi connectivity index (χ1) is 24.6. The van der Waals surface area contributed by atoms with Crippen molar-refractivity contribution in [1.29, 1.82) is 0 Å². The fourth-order valence-corrected chi connectivity index (χ4v) is 4.39. The molecule has 0 amide bonds. The van der Waals surface area contributed by atoms with E-state index in [-0.39, 0.29) is 0 Å². The quantitative estimate of drug-likeness (QED) is 0.152. The number of aliphatic carboxylic acids is 3. The van der Waals surface area contributed by atoms with Gasteiger partial charge in [-0.3, -0.25) is 4.98 Å². The number of ether oxygens (including phenoxy) is 1. The minimum atomic E-state index is -5.08. The van der Waals surface area contributed by atoms with E-state index in [0.29, 0.717) is 16.8 Å². The molecular formula is C30H30ClF9N6O7. The van der Waals surface area contributed by atoms with Crippen LogP contribution < -0.4 is 20.7 Å². The third-order valence-electron chi connectivity index (χ3n) is 6.77. The third kappa shape index (κ3) is 16.4. The molecular weight excluding hydrogens is 763 g/mol. The van der Waals surface area contributed by atoms with Crippen LogP contribution in [0.4, 0.5) is 62.7 Å². The Balaban J connectivity index is 0.000000379. The third-order valence-corrected chi connectivity index (χ3v) is 7.05. The molecule has 2 aliphatic heterocycles. The monoisotopic (exact) mass is 792 g/mol. The molecule has 0 radical (unpaired) electrons. The van der Waals surface area contributed by atoms with E-state index in [0.717, 1.165) is 73.1 Å². The van der Waals surface area contributed by atoms with Crippen LogP contribution in [-0.4, -0.2) is 86.4 Å². The smallest absolute Gasteiger partial charge is 0.490 e. The van der Waals surface area contributed by atoms with Crippen molar-refractivity contribution in [3.63, 3.8) is 0 Å². The first-order valence-electron chi connectivity index (χ1n) is 14.9. The Labute approximate surface area is 298 Å². The van der Waals surface area contributed by atoms with Crippen LogP contribution in [0.3, 0.4) is 0 Å². The summed E-state index contributed by atoms with van der Waals surface area (Å²) in [6.07, 6.45) is -4.72. The minimum absolute atomic E-state index is 0.459. The van der Waals surface area contributed by atoms with E-state index in [1.54, 1.807) is 12.4 Å². The van der Waals surface area contributed by atoms with Gasteiger partial charge in [-0.2, -0.15) is 44.5 Å². The van der Waals surface area contributed by atoms with Crippen molar-refractivity contribution in [2.24, 2.45) is 5.92 Å². The number of hydrogen-bond acceptors (Lipinski definition) is 10. The Morgan fingerprint density at radius 1 is 0.792 bits per heavy atom. The molecule has 53 heavy (non-hydrogen) atoms. The number of piperidine rings is 1. The fourth-order valence-electron chi connectivity index (χ4n) is 4.25. The van der Waals surface area contributed by atoms with E-state index < -0.39 is 36.4 Å². The van der Waals surface area contributed by atoms with Crippen LogP contribution in [0.25, 0.3) is 0 Å². The van der Waals surface area contributed by atoms with Crippen LogP contribution in [0.1, 0.15) is 30.4 Å². The number of nitrogens with one attached hydrogen (secondary N) is 3. The van der Waals surface area contributed by atoms with Crippen molar-refractivity contribution >= 4 is 52.6 Å². The van der Waals surface area contributed by atoms with Gasteiger partial charge in [-0.1, -0.05) is 11.6 Å². The molecule has 2 aromatic heterocycles. The average molecular weight is 793 g/mol. The molecule has 0 unspecified atom stereocenters. The van der Waals surface area contributed by atoms with E-state index in [1.165, 1.54) is 12.8 Å². The zero-order valence-corrected chi connectivity index (χ0v) is 27.6. The molecule has 0 aliphatic carbocycles. The van der Waals surface area contributed by atoms with Gasteiger partial charge < -0.3 is 36.0 Å². The van der Waals surface area contributed by atoms with Gasteiger partial charge in [0.15, 0.2) is 5.82 Å².